The molecular weight excluding hydrogens is 455 g/mol. The zero-order valence-electron chi connectivity index (χ0n) is 5.04. The van der Waals surface area contributed by atoms with E-state index in [2.05, 4.69) is 75.4 Å². The molecule has 0 radical (unpaired) electrons. The van der Waals surface area contributed by atoms with E-state index in [0.29, 0.717) is 10.3 Å². The molecule has 0 atom stereocenters. The van der Waals surface area contributed by atoms with Crippen molar-refractivity contribution in [2.75, 3.05) is 5.73 Å². The summed E-state index contributed by atoms with van der Waals surface area (Å²) in [6.07, 6.45) is 0. The van der Waals surface area contributed by atoms with Crippen LogP contribution in [0.15, 0.2) is 13.7 Å². The molecule has 0 bridgehead atoms. The van der Waals surface area contributed by atoms with Gasteiger partial charge < -0.3 is 5.73 Å². The molecule has 0 aliphatic heterocycles. The highest BCUT2D eigenvalue weighted by Crippen LogP contribution is 2.34. The first-order valence-corrected chi connectivity index (χ1v) is 5.95. The Balaban J connectivity index is 3.46. The van der Waals surface area contributed by atoms with Gasteiger partial charge in [0.15, 0.2) is 0 Å². The summed E-state index contributed by atoms with van der Waals surface area (Å²) in [6, 6.07) is 0. The molecule has 0 unspecified atom stereocenters. The fourth-order valence-electron chi connectivity index (χ4n) is 0.495. The quantitative estimate of drug-likeness (QED) is 0.479. The lowest BCUT2D eigenvalue weighted by Crippen LogP contribution is -1.94. The largest absolute Gasteiger partial charge is 0.396 e. The molecule has 11 heavy (non-hydrogen) atoms. The normalized spacial score (nSPS) is 10.2. The zero-order chi connectivity index (χ0) is 8.59. The smallest absolute Gasteiger partial charge is 0.131 e. The standard InChI is InChI=1S/C5H2Br3IN2/c6-1-2(9)4(7)11-5(8)3(1)10/h10H2. The summed E-state index contributed by atoms with van der Waals surface area (Å²) in [5.41, 5.74) is 6.29. The number of pyridine rings is 1. The second-order valence-electron chi connectivity index (χ2n) is 1.74. The van der Waals surface area contributed by atoms with Crippen molar-refractivity contribution in [2.45, 2.75) is 0 Å². The van der Waals surface area contributed by atoms with E-state index in [9.17, 15) is 0 Å². The van der Waals surface area contributed by atoms with Gasteiger partial charge in [0.05, 0.1) is 13.7 Å². The van der Waals surface area contributed by atoms with Crippen molar-refractivity contribution in [3.8, 4) is 0 Å². The van der Waals surface area contributed by atoms with Gasteiger partial charge in [-0.2, -0.15) is 0 Å². The van der Waals surface area contributed by atoms with E-state index in [0.717, 1.165) is 12.6 Å². The van der Waals surface area contributed by atoms with E-state index in [1.807, 2.05) is 0 Å². The van der Waals surface area contributed by atoms with Crippen LogP contribution in [0.1, 0.15) is 0 Å². The summed E-state index contributed by atoms with van der Waals surface area (Å²) >= 11 is 12.0. The predicted octanol–water partition coefficient (Wildman–Crippen LogP) is 3.56. The van der Waals surface area contributed by atoms with Crippen molar-refractivity contribution in [3.05, 3.63) is 17.2 Å². The van der Waals surface area contributed by atoms with E-state index < -0.39 is 0 Å². The van der Waals surface area contributed by atoms with Gasteiger partial charge in [-0.25, -0.2) is 4.98 Å². The number of rotatable bonds is 0. The molecule has 1 aromatic heterocycles. The molecule has 0 saturated heterocycles. The Morgan fingerprint density at radius 1 is 1.18 bits per heavy atom. The van der Waals surface area contributed by atoms with Crippen molar-refractivity contribution in [1.29, 1.82) is 0 Å². The minimum atomic E-state index is 0.623. The van der Waals surface area contributed by atoms with Crippen molar-refractivity contribution >= 4 is 76.1 Å². The molecule has 2 N–H and O–H groups in total. The van der Waals surface area contributed by atoms with Gasteiger partial charge in [0, 0.05) is 0 Å². The molecule has 0 fully saturated rings. The van der Waals surface area contributed by atoms with Gasteiger partial charge >= 0.3 is 0 Å². The van der Waals surface area contributed by atoms with Gasteiger partial charge in [-0.3, -0.25) is 0 Å². The van der Waals surface area contributed by atoms with Gasteiger partial charge in [0.2, 0.25) is 0 Å². The molecule has 60 valence electrons. The van der Waals surface area contributed by atoms with Crippen LogP contribution in [0.3, 0.4) is 0 Å². The van der Waals surface area contributed by atoms with Gasteiger partial charge in [0.25, 0.3) is 0 Å². The van der Waals surface area contributed by atoms with Crippen LogP contribution in [-0.2, 0) is 0 Å². The first-order chi connectivity index (χ1) is 5.04. The summed E-state index contributed by atoms with van der Waals surface area (Å²) in [5, 5.41) is 0. The third-order valence-electron chi connectivity index (χ3n) is 1.03. The molecule has 0 aromatic carbocycles. The lowest BCUT2D eigenvalue weighted by Gasteiger charge is -2.04. The molecule has 1 heterocycles. The average molecular weight is 457 g/mol. The number of nitrogen functional groups attached to an aromatic ring is 1. The Labute approximate surface area is 103 Å². The number of aromatic nitrogens is 1. The SMILES string of the molecule is Nc1c(Br)nc(Br)c(I)c1Br. The zero-order valence-corrected chi connectivity index (χ0v) is 12.0. The van der Waals surface area contributed by atoms with Crippen molar-refractivity contribution in [1.82, 2.24) is 4.98 Å². The van der Waals surface area contributed by atoms with Crippen molar-refractivity contribution in [3.63, 3.8) is 0 Å². The molecule has 0 spiro atoms. The van der Waals surface area contributed by atoms with Crippen LogP contribution >= 0.6 is 70.4 Å². The van der Waals surface area contributed by atoms with Gasteiger partial charge in [0.1, 0.15) is 9.21 Å². The predicted molar refractivity (Wildman–Crippen MR) is 64.5 cm³/mol. The number of hydrogen-bond acceptors (Lipinski definition) is 2. The lowest BCUT2D eigenvalue weighted by atomic mass is 10.4. The lowest BCUT2D eigenvalue weighted by molar-refractivity contribution is 1.20. The molecule has 0 amide bonds. The fraction of sp³-hybridized carbons (Fsp3) is 0. The topological polar surface area (TPSA) is 38.9 Å². The highest BCUT2D eigenvalue weighted by molar-refractivity contribution is 14.1. The highest BCUT2D eigenvalue weighted by atomic mass is 127. The Morgan fingerprint density at radius 3 is 2.27 bits per heavy atom. The Bertz CT molecular complexity index is 276. The molecule has 0 aliphatic rings. The maximum absolute atomic E-state index is 5.67. The first-order valence-electron chi connectivity index (χ1n) is 2.49. The maximum atomic E-state index is 5.67. The summed E-state index contributed by atoms with van der Waals surface area (Å²) in [6.45, 7) is 0. The Kier molecular flexibility index (Phi) is 3.60. The van der Waals surface area contributed by atoms with Crippen LogP contribution in [0.5, 0.6) is 0 Å². The van der Waals surface area contributed by atoms with Crippen molar-refractivity contribution < 1.29 is 0 Å². The van der Waals surface area contributed by atoms with Gasteiger partial charge in [-0.15, -0.1) is 0 Å². The van der Waals surface area contributed by atoms with Crippen LogP contribution in [0, 0.1) is 3.57 Å². The number of nitrogens with zero attached hydrogens (tertiary/aromatic N) is 1. The molecular formula is C5H2Br3IN2. The van der Waals surface area contributed by atoms with Crippen LogP contribution in [-0.4, -0.2) is 4.98 Å². The number of halogens is 4. The molecule has 2 nitrogen and oxygen atoms in total. The minimum absolute atomic E-state index is 0.623. The minimum Gasteiger partial charge on any atom is -0.396 e. The number of anilines is 1. The van der Waals surface area contributed by atoms with E-state index in [1.54, 1.807) is 0 Å². The third kappa shape index (κ3) is 2.07. The van der Waals surface area contributed by atoms with Crippen LogP contribution in [0.25, 0.3) is 0 Å². The van der Waals surface area contributed by atoms with E-state index in [4.69, 9.17) is 5.73 Å². The second kappa shape index (κ2) is 3.89. The maximum Gasteiger partial charge on any atom is 0.131 e. The summed E-state index contributed by atoms with van der Waals surface area (Å²) in [5.74, 6) is 0. The fourth-order valence-corrected chi connectivity index (χ4v) is 2.80. The monoisotopic (exact) mass is 454 g/mol. The summed E-state index contributed by atoms with van der Waals surface area (Å²) < 4.78 is 3.28. The highest BCUT2D eigenvalue weighted by Gasteiger charge is 2.10. The summed E-state index contributed by atoms with van der Waals surface area (Å²) in [7, 11) is 0. The second-order valence-corrected chi connectivity index (χ2v) is 5.11. The average Bonchev–Trinajstić information content (AvgIpc) is 1.97. The third-order valence-corrected chi connectivity index (χ3v) is 5.56. The number of hydrogen-bond donors (Lipinski definition) is 1. The molecule has 0 saturated carbocycles. The molecule has 1 rings (SSSR count). The summed E-state index contributed by atoms with van der Waals surface area (Å²) in [4.78, 5) is 4.10. The Morgan fingerprint density at radius 2 is 1.73 bits per heavy atom. The van der Waals surface area contributed by atoms with E-state index >= 15 is 0 Å². The first kappa shape index (κ1) is 10.2. The van der Waals surface area contributed by atoms with Crippen LogP contribution < -0.4 is 5.73 Å². The van der Waals surface area contributed by atoms with Crippen LogP contribution in [0.2, 0.25) is 0 Å². The van der Waals surface area contributed by atoms with E-state index in [-0.39, 0.29) is 0 Å². The molecule has 1 aromatic rings. The van der Waals surface area contributed by atoms with E-state index in [1.165, 1.54) is 0 Å². The van der Waals surface area contributed by atoms with Crippen LogP contribution in [0.4, 0.5) is 5.69 Å². The number of nitrogens with two attached hydrogens (primary N) is 1. The molecule has 0 aliphatic carbocycles. The van der Waals surface area contributed by atoms with Gasteiger partial charge in [-0.05, 0) is 70.4 Å². The molecule has 6 heteroatoms. The van der Waals surface area contributed by atoms with Gasteiger partial charge in [-0.1, -0.05) is 0 Å². The Hall–Kier alpha value is 1.12. The van der Waals surface area contributed by atoms with Crippen molar-refractivity contribution in [2.24, 2.45) is 0 Å².